The Morgan fingerprint density at radius 1 is 1.20 bits per heavy atom. The average Bonchev–Trinajstić information content (AvgIpc) is 2.26. The molecule has 0 spiro atoms. The third kappa shape index (κ3) is 3.92. The fourth-order valence-electron chi connectivity index (χ4n) is 1.21. The summed E-state index contributed by atoms with van der Waals surface area (Å²) in [7, 11) is 0. The second-order valence-corrected chi connectivity index (χ2v) is 4.22. The van der Waals surface area contributed by atoms with E-state index in [-0.39, 0.29) is 6.04 Å². The Hall–Kier alpha value is -1.02. The van der Waals surface area contributed by atoms with Crippen LogP contribution in [0.15, 0.2) is 24.3 Å². The maximum atomic E-state index is 5.90. The SMILES string of the molecule is CCc1ccc(OCC(N)C(C)C)cc1. The van der Waals surface area contributed by atoms with Crippen molar-refractivity contribution in [3.8, 4) is 5.75 Å². The van der Waals surface area contributed by atoms with Gasteiger partial charge in [0.2, 0.25) is 0 Å². The van der Waals surface area contributed by atoms with E-state index in [0.29, 0.717) is 12.5 Å². The highest BCUT2D eigenvalue weighted by Crippen LogP contribution is 2.13. The summed E-state index contributed by atoms with van der Waals surface area (Å²) in [5.41, 5.74) is 7.22. The zero-order valence-corrected chi connectivity index (χ0v) is 9.86. The van der Waals surface area contributed by atoms with Crippen molar-refractivity contribution in [2.45, 2.75) is 33.2 Å². The number of nitrogens with two attached hydrogens (primary N) is 1. The normalized spacial score (nSPS) is 12.9. The molecule has 0 aliphatic carbocycles. The van der Waals surface area contributed by atoms with Gasteiger partial charge in [-0.3, -0.25) is 0 Å². The number of aryl methyl sites for hydroxylation is 1. The first kappa shape index (κ1) is 12.1. The molecule has 1 aromatic carbocycles. The Morgan fingerprint density at radius 2 is 1.80 bits per heavy atom. The van der Waals surface area contributed by atoms with Crippen molar-refractivity contribution in [3.05, 3.63) is 29.8 Å². The molecular formula is C13H21NO. The van der Waals surface area contributed by atoms with Crippen LogP contribution in [0.5, 0.6) is 5.75 Å². The third-order valence-electron chi connectivity index (χ3n) is 2.63. The van der Waals surface area contributed by atoms with E-state index in [0.717, 1.165) is 12.2 Å². The van der Waals surface area contributed by atoms with Crippen molar-refractivity contribution < 1.29 is 4.74 Å². The van der Waals surface area contributed by atoms with Gasteiger partial charge in [0, 0.05) is 6.04 Å². The van der Waals surface area contributed by atoms with Crippen LogP contribution in [0, 0.1) is 5.92 Å². The van der Waals surface area contributed by atoms with Crippen molar-refractivity contribution >= 4 is 0 Å². The van der Waals surface area contributed by atoms with E-state index < -0.39 is 0 Å². The van der Waals surface area contributed by atoms with E-state index in [4.69, 9.17) is 10.5 Å². The summed E-state index contributed by atoms with van der Waals surface area (Å²) in [5, 5.41) is 0. The molecule has 0 saturated heterocycles. The summed E-state index contributed by atoms with van der Waals surface area (Å²) in [6.45, 7) is 6.94. The van der Waals surface area contributed by atoms with Gasteiger partial charge < -0.3 is 10.5 Å². The second-order valence-electron chi connectivity index (χ2n) is 4.22. The molecule has 2 N–H and O–H groups in total. The molecule has 1 aromatic rings. The van der Waals surface area contributed by atoms with Crippen LogP contribution in [0.2, 0.25) is 0 Å². The van der Waals surface area contributed by atoms with Crippen molar-refractivity contribution in [2.75, 3.05) is 6.61 Å². The highest BCUT2D eigenvalue weighted by Gasteiger charge is 2.07. The van der Waals surface area contributed by atoms with Crippen LogP contribution in [-0.4, -0.2) is 12.6 Å². The van der Waals surface area contributed by atoms with Gasteiger partial charge in [-0.25, -0.2) is 0 Å². The highest BCUT2D eigenvalue weighted by atomic mass is 16.5. The molecule has 0 fully saturated rings. The van der Waals surface area contributed by atoms with Crippen LogP contribution < -0.4 is 10.5 Å². The minimum Gasteiger partial charge on any atom is -0.492 e. The molecule has 0 aliphatic rings. The lowest BCUT2D eigenvalue weighted by atomic mass is 10.1. The Balaban J connectivity index is 2.44. The van der Waals surface area contributed by atoms with Gasteiger partial charge >= 0.3 is 0 Å². The van der Waals surface area contributed by atoms with Crippen molar-refractivity contribution in [1.29, 1.82) is 0 Å². The number of rotatable bonds is 5. The smallest absolute Gasteiger partial charge is 0.119 e. The summed E-state index contributed by atoms with van der Waals surface area (Å²) < 4.78 is 5.60. The lowest BCUT2D eigenvalue weighted by Gasteiger charge is -2.16. The zero-order valence-electron chi connectivity index (χ0n) is 9.86. The van der Waals surface area contributed by atoms with Gasteiger partial charge in [0.25, 0.3) is 0 Å². The molecule has 0 aliphatic heterocycles. The zero-order chi connectivity index (χ0) is 11.3. The summed E-state index contributed by atoms with van der Waals surface area (Å²) in [4.78, 5) is 0. The minimum absolute atomic E-state index is 0.107. The highest BCUT2D eigenvalue weighted by molar-refractivity contribution is 5.27. The molecule has 1 rings (SSSR count). The second kappa shape index (κ2) is 5.76. The van der Waals surface area contributed by atoms with Crippen molar-refractivity contribution in [1.82, 2.24) is 0 Å². The molecule has 84 valence electrons. The van der Waals surface area contributed by atoms with Gasteiger partial charge in [-0.05, 0) is 30.0 Å². The summed E-state index contributed by atoms with van der Waals surface area (Å²) >= 11 is 0. The minimum atomic E-state index is 0.107. The molecule has 0 heterocycles. The molecule has 1 atom stereocenters. The summed E-state index contributed by atoms with van der Waals surface area (Å²) in [6, 6.07) is 8.31. The fourth-order valence-corrected chi connectivity index (χ4v) is 1.21. The summed E-state index contributed by atoms with van der Waals surface area (Å²) in [5.74, 6) is 1.36. The molecule has 1 unspecified atom stereocenters. The Bertz CT molecular complexity index is 279. The third-order valence-corrected chi connectivity index (χ3v) is 2.63. The number of hydrogen-bond donors (Lipinski definition) is 1. The maximum Gasteiger partial charge on any atom is 0.119 e. The number of ether oxygens (including phenoxy) is 1. The predicted molar refractivity (Wildman–Crippen MR) is 64.1 cm³/mol. The first-order valence-corrected chi connectivity index (χ1v) is 5.60. The maximum absolute atomic E-state index is 5.90. The average molecular weight is 207 g/mol. The first-order chi connectivity index (χ1) is 7.13. The van der Waals surface area contributed by atoms with Crippen LogP contribution in [0.25, 0.3) is 0 Å². The van der Waals surface area contributed by atoms with E-state index >= 15 is 0 Å². The molecule has 0 aromatic heterocycles. The fraction of sp³-hybridized carbons (Fsp3) is 0.538. The first-order valence-electron chi connectivity index (χ1n) is 5.60. The topological polar surface area (TPSA) is 35.2 Å². The Labute approximate surface area is 92.4 Å². The van der Waals surface area contributed by atoms with Crippen LogP contribution in [0.3, 0.4) is 0 Å². The number of benzene rings is 1. The lowest BCUT2D eigenvalue weighted by molar-refractivity contribution is 0.259. The van der Waals surface area contributed by atoms with Gasteiger partial charge in [0.05, 0.1) is 0 Å². The largest absolute Gasteiger partial charge is 0.492 e. The molecule has 0 bridgehead atoms. The molecule has 2 nitrogen and oxygen atoms in total. The van der Waals surface area contributed by atoms with E-state index in [9.17, 15) is 0 Å². The van der Waals surface area contributed by atoms with E-state index in [1.165, 1.54) is 5.56 Å². The van der Waals surface area contributed by atoms with E-state index in [2.05, 4.69) is 32.9 Å². The molecule has 15 heavy (non-hydrogen) atoms. The standard InChI is InChI=1S/C13H21NO/c1-4-11-5-7-12(8-6-11)15-9-13(14)10(2)3/h5-8,10,13H,4,9,14H2,1-3H3. The number of hydrogen-bond acceptors (Lipinski definition) is 2. The van der Waals surface area contributed by atoms with Gasteiger partial charge in [-0.15, -0.1) is 0 Å². The molecule has 0 radical (unpaired) electrons. The van der Waals surface area contributed by atoms with Crippen LogP contribution in [-0.2, 0) is 6.42 Å². The van der Waals surface area contributed by atoms with Crippen LogP contribution >= 0.6 is 0 Å². The lowest BCUT2D eigenvalue weighted by Crippen LogP contribution is -2.32. The quantitative estimate of drug-likeness (QED) is 0.805. The van der Waals surface area contributed by atoms with Gasteiger partial charge in [0.15, 0.2) is 0 Å². The van der Waals surface area contributed by atoms with E-state index in [1.807, 2.05) is 12.1 Å². The molecule has 0 amide bonds. The van der Waals surface area contributed by atoms with E-state index in [1.54, 1.807) is 0 Å². The van der Waals surface area contributed by atoms with Gasteiger partial charge in [0.1, 0.15) is 12.4 Å². The predicted octanol–water partition coefficient (Wildman–Crippen LogP) is 2.61. The monoisotopic (exact) mass is 207 g/mol. The van der Waals surface area contributed by atoms with Gasteiger partial charge in [-0.1, -0.05) is 32.9 Å². The Kier molecular flexibility index (Phi) is 4.63. The van der Waals surface area contributed by atoms with Crippen molar-refractivity contribution in [3.63, 3.8) is 0 Å². The van der Waals surface area contributed by atoms with Crippen molar-refractivity contribution in [2.24, 2.45) is 11.7 Å². The molecule has 0 saturated carbocycles. The van der Waals surface area contributed by atoms with Crippen LogP contribution in [0.4, 0.5) is 0 Å². The van der Waals surface area contributed by atoms with Gasteiger partial charge in [-0.2, -0.15) is 0 Å². The van der Waals surface area contributed by atoms with Crippen LogP contribution in [0.1, 0.15) is 26.3 Å². The Morgan fingerprint density at radius 3 is 2.27 bits per heavy atom. The molecular weight excluding hydrogens is 186 g/mol. The summed E-state index contributed by atoms with van der Waals surface area (Å²) in [6.07, 6.45) is 1.06. The molecule has 2 heteroatoms.